The molecular weight excluding hydrogens is 327 g/mol. The first-order chi connectivity index (χ1) is 10.9. The Hall–Kier alpha value is -0.820. The number of piperazine rings is 1. The fourth-order valence-electron chi connectivity index (χ4n) is 2.70. The summed E-state index contributed by atoms with van der Waals surface area (Å²) >= 11 is 5.62. The number of nitrogens with zero attached hydrogens (tertiary/aromatic N) is 2. The highest BCUT2D eigenvalue weighted by atomic mass is 35.5. The summed E-state index contributed by atoms with van der Waals surface area (Å²) in [7, 11) is 0. The maximum Gasteiger partial charge on any atom is 0.417 e. The van der Waals surface area contributed by atoms with Gasteiger partial charge in [-0.3, -0.25) is 4.90 Å². The van der Waals surface area contributed by atoms with E-state index >= 15 is 0 Å². The molecule has 0 amide bonds. The summed E-state index contributed by atoms with van der Waals surface area (Å²) in [5.74, 6) is 0. The van der Waals surface area contributed by atoms with E-state index in [0.717, 1.165) is 51.9 Å². The van der Waals surface area contributed by atoms with Crippen LogP contribution in [0, 0.1) is 0 Å². The fraction of sp³-hybridized carbons (Fsp3) is 0.625. The van der Waals surface area contributed by atoms with Crippen LogP contribution < -0.4 is 5.32 Å². The van der Waals surface area contributed by atoms with Gasteiger partial charge in [0.1, 0.15) is 0 Å². The summed E-state index contributed by atoms with van der Waals surface area (Å²) in [6.07, 6.45) is -4.41. The Morgan fingerprint density at radius 1 is 1.13 bits per heavy atom. The molecule has 0 bridgehead atoms. The number of rotatable bonds is 6. The molecule has 23 heavy (non-hydrogen) atoms. The largest absolute Gasteiger partial charge is 0.417 e. The average Bonchev–Trinajstić information content (AvgIpc) is 2.52. The molecule has 0 aliphatic carbocycles. The van der Waals surface area contributed by atoms with Gasteiger partial charge in [0.25, 0.3) is 0 Å². The van der Waals surface area contributed by atoms with Crippen molar-refractivity contribution in [1.29, 1.82) is 0 Å². The van der Waals surface area contributed by atoms with E-state index in [1.165, 1.54) is 6.07 Å². The van der Waals surface area contributed by atoms with Crippen LogP contribution in [0.15, 0.2) is 18.2 Å². The van der Waals surface area contributed by atoms with E-state index in [9.17, 15) is 13.2 Å². The highest BCUT2D eigenvalue weighted by Crippen LogP contribution is 2.35. The first kappa shape index (κ1) is 18.5. The molecule has 1 aromatic carbocycles. The minimum Gasteiger partial charge on any atom is -0.311 e. The molecule has 3 nitrogen and oxygen atoms in total. The van der Waals surface area contributed by atoms with E-state index in [2.05, 4.69) is 22.0 Å². The predicted molar refractivity (Wildman–Crippen MR) is 86.7 cm³/mol. The molecule has 1 aromatic rings. The van der Waals surface area contributed by atoms with Gasteiger partial charge in [-0.2, -0.15) is 13.2 Å². The van der Waals surface area contributed by atoms with Crippen molar-refractivity contribution in [1.82, 2.24) is 15.1 Å². The molecule has 7 heteroatoms. The number of likely N-dealkylation sites (N-methyl/N-ethyl adjacent to an activating group) is 1. The molecule has 0 atom stereocenters. The van der Waals surface area contributed by atoms with E-state index in [4.69, 9.17) is 11.6 Å². The van der Waals surface area contributed by atoms with Crippen LogP contribution in [0.1, 0.15) is 18.1 Å². The number of alkyl halides is 3. The summed E-state index contributed by atoms with van der Waals surface area (Å²) in [6, 6.07) is 4.06. The second-order valence-corrected chi connectivity index (χ2v) is 6.17. The van der Waals surface area contributed by atoms with Crippen molar-refractivity contribution in [3.8, 4) is 0 Å². The zero-order valence-corrected chi connectivity index (χ0v) is 14.1. The van der Waals surface area contributed by atoms with Crippen LogP contribution in [-0.2, 0) is 12.7 Å². The summed E-state index contributed by atoms with van der Waals surface area (Å²) in [6.45, 7) is 9.61. The minimum absolute atomic E-state index is 0.255. The quantitative estimate of drug-likeness (QED) is 0.796. The Morgan fingerprint density at radius 3 is 2.39 bits per heavy atom. The van der Waals surface area contributed by atoms with E-state index in [1.807, 2.05) is 0 Å². The minimum atomic E-state index is -4.41. The van der Waals surface area contributed by atoms with Crippen LogP contribution in [0.4, 0.5) is 13.2 Å². The van der Waals surface area contributed by atoms with Gasteiger partial charge in [0.2, 0.25) is 0 Å². The van der Waals surface area contributed by atoms with Crippen LogP contribution in [0.3, 0.4) is 0 Å². The average molecular weight is 350 g/mol. The highest BCUT2D eigenvalue weighted by Gasteiger charge is 2.33. The third-order valence-corrected chi connectivity index (χ3v) is 4.51. The molecule has 0 spiro atoms. The highest BCUT2D eigenvalue weighted by molar-refractivity contribution is 6.31. The summed E-state index contributed by atoms with van der Waals surface area (Å²) in [5.41, 5.74) is -0.174. The molecule has 130 valence electrons. The smallest absolute Gasteiger partial charge is 0.311 e. The molecular formula is C16H23ClF3N3. The number of nitrogens with one attached hydrogen (secondary N) is 1. The Bertz CT molecular complexity index is 500. The van der Waals surface area contributed by atoms with Crippen molar-refractivity contribution in [2.75, 3.05) is 45.8 Å². The van der Waals surface area contributed by atoms with Gasteiger partial charge < -0.3 is 10.2 Å². The lowest BCUT2D eigenvalue weighted by molar-refractivity contribution is -0.137. The zero-order valence-electron chi connectivity index (χ0n) is 13.3. The lowest BCUT2D eigenvalue weighted by atomic mass is 10.1. The van der Waals surface area contributed by atoms with Crippen molar-refractivity contribution in [2.45, 2.75) is 19.6 Å². The Balaban J connectivity index is 1.75. The molecule has 1 aliphatic rings. The van der Waals surface area contributed by atoms with Gasteiger partial charge >= 0.3 is 6.18 Å². The second-order valence-electron chi connectivity index (χ2n) is 5.76. The van der Waals surface area contributed by atoms with Crippen molar-refractivity contribution in [3.63, 3.8) is 0 Å². The second kappa shape index (κ2) is 8.33. The number of hydrogen-bond donors (Lipinski definition) is 1. The van der Waals surface area contributed by atoms with Gasteiger partial charge in [0, 0.05) is 45.8 Å². The summed E-state index contributed by atoms with van der Waals surface area (Å²) < 4.78 is 38.4. The van der Waals surface area contributed by atoms with Gasteiger partial charge in [0.15, 0.2) is 0 Å². The molecule has 0 radical (unpaired) electrons. The molecule has 0 aromatic heterocycles. The normalized spacial score (nSPS) is 17.6. The molecule has 1 N–H and O–H groups in total. The van der Waals surface area contributed by atoms with Gasteiger partial charge in [-0.15, -0.1) is 0 Å². The van der Waals surface area contributed by atoms with Crippen LogP contribution in [0.5, 0.6) is 0 Å². The van der Waals surface area contributed by atoms with Crippen molar-refractivity contribution in [3.05, 3.63) is 34.3 Å². The van der Waals surface area contributed by atoms with E-state index < -0.39 is 11.7 Å². The standard InChI is InChI=1S/C16H23ClF3N3/c1-2-22-7-9-23(10-8-22)6-5-21-12-13-3-4-15(17)14(11-13)16(18,19)20/h3-4,11,21H,2,5-10,12H2,1H3. The van der Waals surface area contributed by atoms with Crippen LogP contribution in [0.2, 0.25) is 5.02 Å². The van der Waals surface area contributed by atoms with Crippen LogP contribution in [-0.4, -0.2) is 55.6 Å². The predicted octanol–water partition coefficient (Wildman–Crippen LogP) is 3.09. The van der Waals surface area contributed by atoms with E-state index in [1.54, 1.807) is 6.07 Å². The Labute approximate surface area is 140 Å². The van der Waals surface area contributed by atoms with Gasteiger partial charge in [0.05, 0.1) is 10.6 Å². The van der Waals surface area contributed by atoms with Crippen LogP contribution in [0.25, 0.3) is 0 Å². The van der Waals surface area contributed by atoms with Crippen molar-refractivity contribution in [2.24, 2.45) is 0 Å². The third kappa shape index (κ3) is 5.64. The molecule has 0 saturated carbocycles. The maximum absolute atomic E-state index is 12.8. The summed E-state index contributed by atoms with van der Waals surface area (Å²) in [5, 5.41) is 2.95. The van der Waals surface area contributed by atoms with Gasteiger partial charge in [-0.25, -0.2) is 0 Å². The SMILES string of the molecule is CCN1CCN(CCNCc2ccc(Cl)c(C(F)(F)F)c2)CC1. The molecule has 1 fully saturated rings. The molecule has 1 aliphatic heterocycles. The van der Waals surface area contributed by atoms with E-state index in [-0.39, 0.29) is 5.02 Å². The molecule has 1 saturated heterocycles. The molecule has 2 rings (SSSR count). The molecule has 0 unspecified atom stereocenters. The van der Waals surface area contributed by atoms with Crippen LogP contribution >= 0.6 is 11.6 Å². The third-order valence-electron chi connectivity index (χ3n) is 4.18. The fourth-order valence-corrected chi connectivity index (χ4v) is 2.92. The lowest BCUT2D eigenvalue weighted by Gasteiger charge is -2.34. The zero-order chi connectivity index (χ0) is 16.9. The first-order valence-corrected chi connectivity index (χ1v) is 8.29. The number of halogens is 4. The number of hydrogen-bond acceptors (Lipinski definition) is 3. The van der Waals surface area contributed by atoms with Crippen molar-refractivity contribution < 1.29 is 13.2 Å². The molecule has 1 heterocycles. The Morgan fingerprint density at radius 2 is 1.78 bits per heavy atom. The Kier molecular flexibility index (Phi) is 6.71. The monoisotopic (exact) mass is 349 g/mol. The summed E-state index contributed by atoms with van der Waals surface area (Å²) in [4.78, 5) is 4.79. The first-order valence-electron chi connectivity index (χ1n) is 7.91. The lowest BCUT2D eigenvalue weighted by Crippen LogP contribution is -2.47. The number of benzene rings is 1. The van der Waals surface area contributed by atoms with Crippen molar-refractivity contribution >= 4 is 11.6 Å². The van der Waals surface area contributed by atoms with Gasteiger partial charge in [-0.05, 0) is 24.2 Å². The topological polar surface area (TPSA) is 18.5 Å². The van der Waals surface area contributed by atoms with E-state index in [0.29, 0.717) is 12.1 Å². The maximum atomic E-state index is 12.8. The van der Waals surface area contributed by atoms with Gasteiger partial charge in [-0.1, -0.05) is 24.6 Å².